The van der Waals surface area contributed by atoms with Gasteiger partial charge in [-0.05, 0) is 19.8 Å². The summed E-state index contributed by atoms with van der Waals surface area (Å²) in [5, 5.41) is 6.44. The zero-order valence-electron chi connectivity index (χ0n) is 13.0. The molecule has 0 bridgehead atoms. The van der Waals surface area contributed by atoms with Crippen molar-refractivity contribution in [3.05, 3.63) is 27.5 Å². The van der Waals surface area contributed by atoms with Crippen LogP contribution in [0.2, 0.25) is 0 Å². The molecule has 1 aromatic heterocycles. The summed E-state index contributed by atoms with van der Waals surface area (Å²) in [5.41, 5.74) is 2.61. The van der Waals surface area contributed by atoms with Crippen molar-refractivity contribution >= 4 is 29.9 Å². The molecule has 3 rings (SSSR count). The van der Waals surface area contributed by atoms with Gasteiger partial charge in [0, 0.05) is 5.38 Å². The molecule has 0 aliphatic carbocycles. The standard InChI is InChI=1S/C15H18N4O3S/c1-9-17-12(7-23-9)10-3-4-11-15(18-10)13(6-20)19(8-16-11)5-14(21)22-2/h6-8,10,13,18H,3-5H2,1-2H3/t10-,13?/m0/s1. The number of allylic oxidation sites excluding steroid dienone is 1. The Kier molecular flexibility index (Phi) is 4.42. The van der Waals surface area contributed by atoms with E-state index in [0.717, 1.165) is 41.2 Å². The topological polar surface area (TPSA) is 83.9 Å². The Morgan fingerprint density at radius 2 is 2.43 bits per heavy atom. The minimum atomic E-state index is -0.552. The Hall–Kier alpha value is -2.22. The maximum Gasteiger partial charge on any atom is 0.325 e. The Bertz CT molecular complexity index is 682. The minimum absolute atomic E-state index is 0.0116. The second kappa shape index (κ2) is 6.49. The van der Waals surface area contributed by atoms with Crippen molar-refractivity contribution in [3.8, 4) is 0 Å². The number of ether oxygens (including phenoxy) is 1. The summed E-state index contributed by atoms with van der Waals surface area (Å²) in [6, 6.07) is -0.487. The van der Waals surface area contributed by atoms with E-state index in [2.05, 4.69) is 20.0 Å². The molecule has 0 aromatic carbocycles. The summed E-state index contributed by atoms with van der Waals surface area (Å²) < 4.78 is 4.67. The molecule has 0 spiro atoms. The molecule has 1 unspecified atom stereocenters. The molecule has 1 aromatic rings. The maximum atomic E-state index is 11.6. The number of rotatable bonds is 4. The molecule has 0 saturated heterocycles. The summed E-state index contributed by atoms with van der Waals surface area (Å²) in [6.07, 6.45) is 4.02. The molecule has 0 saturated carbocycles. The van der Waals surface area contributed by atoms with Gasteiger partial charge in [0.2, 0.25) is 0 Å². The quantitative estimate of drug-likeness (QED) is 0.657. The van der Waals surface area contributed by atoms with Crippen LogP contribution in [0.1, 0.15) is 29.6 Å². The van der Waals surface area contributed by atoms with E-state index in [0.29, 0.717) is 0 Å². The highest BCUT2D eigenvalue weighted by atomic mass is 32.1. The molecule has 122 valence electrons. The number of nitrogens with zero attached hydrogens (tertiary/aromatic N) is 3. The molecule has 2 atom stereocenters. The summed E-state index contributed by atoms with van der Waals surface area (Å²) in [5.74, 6) is -0.408. The first-order chi connectivity index (χ1) is 11.1. The maximum absolute atomic E-state index is 11.6. The van der Waals surface area contributed by atoms with Crippen LogP contribution in [0.4, 0.5) is 0 Å². The van der Waals surface area contributed by atoms with E-state index in [9.17, 15) is 9.59 Å². The lowest BCUT2D eigenvalue weighted by molar-refractivity contribution is -0.141. The zero-order chi connectivity index (χ0) is 16.4. The fourth-order valence-corrected chi connectivity index (χ4v) is 3.46. The van der Waals surface area contributed by atoms with Gasteiger partial charge in [-0.3, -0.25) is 4.79 Å². The molecule has 0 radical (unpaired) electrons. The number of carbonyl (C=O) groups is 2. The van der Waals surface area contributed by atoms with Gasteiger partial charge >= 0.3 is 5.97 Å². The average Bonchev–Trinajstić information content (AvgIpc) is 3.00. The third-order valence-corrected chi connectivity index (χ3v) is 4.78. The molecular formula is C15H18N4O3S. The lowest BCUT2D eigenvalue weighted by Crippen LogP contribution is -2.48. The molecule has 7 nitrogen and oxygen atoms in total. The van der Waals surface area contributed by atoms with Crippen molar-refractivity contribution in [2.45, 2.75) is 31.8 Å². The first kappa shape index (κ1) is 15.7. The number of esters is 1. The molecular weight excluding hydrogens is 316 g/mol. The predicted molar refractivity (Wildman–Crippen MR) is 86.1 cm³/mol. The van der Waals surface area contributed by atoms with Crippen LogP contribution in [-0.2, 0) is 14.3 Å². The smallest absolute Gasteiger partial charge is 0.325 e. The van der Waals surface area contributed by atoms with Gasteiger partial charge < -0.3 is 19.7 Å². The molecule has 2 aliphatic rings. The van der Waals surface area contributed by atoms with Gasteiger partial charge in [0.1, 0.15) is 18.9 Å². The van der Waals surface area contributed by atoms with E-state index in [1.54, 1.807) is 22.6 Å². The van der Waals surface area contributed by atoms with E-state index in [1.807, 2.05) is 12.3 Å². The summed E-state index contributed by atoms with van der Waals surface area (Å²) >= 11 is 1.61. The first-order valence-corrected chi connectivity index (χ1v) is 8.24. The SMILES string of the molecule is COC(=O)CN1C=NC2=C(N[C@H](c3csc(C)n3)CC2)C1C=O. The predicted octanol–water partition coefficient (Wildman–Crippen LogP) is 1.17. The molecule has 23 heavy (non-hydrogen) atoms. The third-order valence-electron chi connectivity index (χ3n) is 3.99. The highest BCUT2D eigenvalue weighted by Crippen LogP contribution is 2.32. The summed E-state index contributed by atoms with van der Waals surface area (Å²) in [7, 11) is 1.32. The Morgan fingerprint density at radius 1 is 1.61 bits per heavy atom. The number of thiazole rings is 1. The number of aldehydes is 1. The van der Waals surface area contributed by atoms with Gasteiger partial charge in [0.25, 0.3) is 0 Å². The van der Waals surface area contributed by atoms with Crippen molar-refractivity contribution < 1.29 is 14.3 Å². The molecule has 1 N–H and O–H groups in total. The van der Waals surface area contributed by atoms with Gasteiger partial charge in [0.15, 0.2) is 0 Å². The second-order valence-corrected chi connectivity index (χ2v) is 6.52. The van der Waals surface area contributed by atoms with Crippen LogP contribution in [0.3, 0.4) is 0 Å². The molecule has 0 fully saturated rings. The first-order valence-electron chi connectivity index (χ1n) is 7.36. The van der Waals surface area contributed by atoms with Crippen molar-refractivity contribution in [3.63, 3.8) is 0 Å². The summed E-state index contributed by atoms with van der Waals surface area (Å²) in [6.45, 7) is 1.96. The van der Waals surface area contributed by atoms with Gasteiger partial charge in [0.05, 0.1) is 41.6 Å². The van der Waals surface area contributed by atoms with Crippen LogP contribution < -0.4 is 5.32 Å². The van der Waals surface area contributed by atoms with E-state index < -0.39 is 12.0 Å². The largest absolute Gasteiger partial charge is 0.468 e. The molecule has 3 heterocycles. The van der Waals surface area contributed by atoms with Crippen LogP contribution in [0, 0.1) is 6.92 Å². The molecule has 2 aliphatic heterocycles. The van der Waals surface area contributed by atoms with E-state index in [1.165, 1.54) is 7.11 Å². The van der Waals surface area contributed by atoms with Crippen LogP contribution >= 0.6 is 11.3 Å². The fourth-order valence-electron chi connectivity index (χ4n) is 2.79. The van der Waals surface area contributed by atoms with Crippen molar-refractivity contribution in [2.75, 3.05) is 13.7 Å². The van der Waals surface area contributed by atoms with E-state index >= 15 is 0 Å². The number of hydrogen-bond donors (Lipinski definition) is 1. The normalized spacial score (nSPS) is 23.3. The van der Waals surface area contributed by atoms with Gasteiger partial charge in [-0.2, -0.15) is 0 Å². The molecule has 8 heteroatoms. The van der Waals surface area contributed by atoms with Gasteiger partial charge in [-0.25, -0.2) is 9.98 Å². The second-order valence-electron chi connectivity index (χ2n) is 5.46. The fraction of sp³-hybridized carbons (Fsp3) is 0.467. The monoisotopic (exact) mass is 334 g/mol. The third kappa shape index (κ3) is 3.12. The Balaban J connectivity index is 1.81. The number of aliphatic imine (C=N–C) groups is 1. The van der Waals surface area contributed by atoms with Crippen LogP contribution in [0.25, 0.3) is 0 Å². The van der Waals surface area contributed by atoms with Crippen molar-refractivity contribution in [1.29, 1.82) is 0 Å². The molecule has 0 amide bonds. The van der Waals surface area contributed by atoms with Crippen molar-refractivity contribution in [2.24, 2.45) is 4.99 Å². The zero-order valence-corrected chi connectivity index (χ0v) is 13.8. The number of nitrogens with one attached hydrogen (secondary N) is 1. The lowest BCUT2D eigenvalue weighted by Gasteiger charge is -2.36. The van der Waals surface area contributed by atoms with Crippen LogP contribution in [-0.4, -0.2) is 48.2 Å². The highest BCUT2D eigenvalue weighted by molar-refractivity contribution is 7.09. The van der Waals surface area contributed by atoms with E-state index in [4.69, 9.17) is 0 Å². The van der Waals surface area contributed by atoms with Gasteiger partial charge in [-0.1, -0.05) is 0 Å². The number of aromatic nitrogens is 1. The lowest BCUT2D eigenvalue weighted by atomic mass is 9.97. The number of hydrogen-bond acceptors (Lipinski definition) is 8. The minimum Gasteiger partial charge on any atom is -0.468 e. The Morgan fingerprint density at radius 3 is 3.09 bits per heavy atom. The van der Waals surface area contributed by atoms with E-state index in [-0.39, 0.29) is 12.6 Å². The summed E-state index contributed by atoms with van der Waals surface area (Å²) in [4.78, 5) is 33.6. The highest BCUT2D eigenvalue weighted by Gasteiger charge is 2.33. The number of carbonyl (C=O) groups excluding carboxylic acids is 2. The average molecular weight is 334 g/mol. The van der Waals surface area contributed by atoms with Crippen LogP contribution in [0.5, 0.6) is 0 Å². The van der Waals surface area contributed by atoms with Crippen LogP contribution in [0.15, 0.2) is 21.8 Å². The Labute approximate surface area is 138 Å². The number of aryl methyl sites for hydroxylation is 1. The van der Waals surface area contributed by atoms with Crippen molar-refractivity contribution in [1.82, 2.24) is 15.2 Å². The number of methoxy groups -OCH3 is 1. The van der Waals surface area contributed by atoms with Gasteiger partial charge in [-0.15, -0.1) is 11.3 Å².